The third-order valence-corrected chi connectivity index (χ3v) is 3.81. The Morgan fingerprint density at radius 1 is 1.30 bits per heavy atom. The van der Waals surface area contributed by atoms with Crippen molar-refractivity contribution >= 4 is 23.1 Å². The third-order valence-electron chi connectivity index (χ3n) is 3.59. The van der Waals surface area contributed by atoms with Gasteiger partial charge in [0.25, 0.3) is 0 Å². The zero-order valence-electron chi connectivity index (χ0n) is 11.4. The molecular formula is C15H19FN2OS. The van der Waals surface area contributed by atoms with Crippen molar-refractivity contribution in [3.8, 4) is 0 Å². The summed E-state index contributed by atoms with van der Waals surface area (Å²) in [7, 11) is 0. The number of carbonyl (C=O) groups is 1. The number of halogens is 1. The van der Waals surface area contributed by atoms with Gasteiger partial charge in [-0.1, -0.05) is 31.1 Å². The SMILES string of the molecule is NC(=S)c1cc(CN2CCCCCCC2=O)ccc1F. The van der Waals surface area contributed by atoms with Gasteiger partial charge in [-0.05, 0) is 30.5 Å². The van der Waals surface area contributed by atoms with Crippen LogP contribution in [0.15, 0.2) is 18.2 Å². The van der Waals surface area contributed by atoms with Crippen molar-refractivity contribution in [2.75, 3.05) is 6.54 Å². The van der Waals surface area contributed by atoms with E-state index in [4.69, 9.17) is 18.0 Å². The van der Waals surface area contributed by atoms with Crippen LogP contribution < -0.4 is 5.73 Å². The van der Waals surface area contributed by atoms with Gasteiger partial charge in [-0.25, -0.2) is 4.39 Å². The molecule has 1 aliphatic rings. The smallest absolute Gasteiger partial charge is 0.222 e. The van der Waals surface area contributed by atoms with Gasteiger partial charge in [-0.3, -0.25) is 4.79 Å². The lowest BCUT2D eigenvalue weighted by atomic mass is 10.1. The summed E-state index contributed by atoms with van der Waals surface area (Å²) in [4.78, 5) is 13.9. The van der Waals surface area contributed by atoms with Gasteiger partial charge in [0, 0.05) is 25.1 Å². The summed E-state index contributed by atoms with van der Waals surface area (Å²) in [6, 6.07) is 4.69. The van der Waals surface area contributed by atoms with Gasteiger partial charge in [-0.2, -0.15) is 0 Å². The minimum absolute atomic E-state index is 0.0448. The third kappa shape index (κ3) is 3.76. The molecule has 0 spiro atoms. The minimum Gasteiger partial charge on any atom is -0.389 e. The molecule has 1 aliphatic heterocycles. The normalized spacial score (nSPS) is 16.6. The highest BCUT2D eigenvalue weighted by molar-refractivity contribution is 7.80. The second-order valence-corrected chi connectivity index (χ2v) is 5.60. The number of likely N-dealkylation sites (tertiary alicyclic amines) is 1. The van der Waals surface area contributed by atoms with Gasteiger partial charge in [-0.15, -0.1) is 0 Å². The van der Waals surface area contributed by atoms with Crippen LogP contribution in [0, 0.1) is 5.82 Å². The van der Waals surface area contributed by atoms with E-state index in [1.54, 1.807) is 12.1 Å². The molecule has 1 heterocycles. The lowest BCUT2D eigenvalue weighted by Gasteiger charge is -2.25. The molecule has 108 valence electrons. The van der Waals surface area contributed by atoms with Crippen molar-refractivity contribution < 1.29 is 9.18 Å². The van der Waals surface area contributed by atoms with Crippen LogP contribution in [0.3, 0.4) is 0 Å². The Labute approximate surface area is 123 Å². The summed E-state index contributed by atoms with van der Waals surface area (Å²) in [6.45, 7) is 1.26. The average molecular weight is 294 g/mol. The number of nitrogens with two attached hydrogens (primary N) is 1. The second kappa shape index (κ2) is 6.79. The Balaban J connectivity index is 2.13. The lowest BCUT2D eigenvalue weighted by molar-refractivity contribution is -0.132. The lowest BCUT2D eigenvalue weighted by Crippen LogP contribution is -2.32. The molecule has 2 rings (SSSR count). The first-order chi connectivity index (χ1) is 9.58. The van der Waals surface area contributed by atoms with Crippen molar-refractivity contribution in [3.05, 3.63) is 35.1 Å². The van der Waals surface area contributed by atoms with Crippen LogP contribution in [-0.4, -0.2) is 22.3 Å². The Morgan fingerprint density at radius 3 is 2.80 bits per heavy atom. The maximum atomic E-state index is 13.5. The highest BCUT2D eigenvalue weighted by Gasteiger charge is 2.16. The molecular weight excluding hydrogens is 275 g/mol. The standard InChI is InChI=1S/C15H19FN2OS/c16-13-7-6-11(9-12(13)15(17)20)10-18-8-4-2-1-3-5-14(18)19/h6-7,9H,1-5,8,10H2,(H2,17,20). The van der Waals surface area contributed by atoms with E-state index in [-0.39, 0.29) is 16.5 Å². The van der Waals surface area contributed by atoms with Crippen LogP contribution in [0.25, 0.3) is 0 Å². The molecule has 1 fully saturated rings. The van der Waals surface area contributed by atoms with E-state index < -0.39 is 5.82 Å². The minimum atomic E-state index is -0.416. The molecule has 0 aromatic heterocycles. The predicted molar refractivity (Wildman–Crippen MR) is 80.8 cm³/mol. The van der Waals surface area contributed by atoms with E-state index in [1.165, 1.54) is 6.07 Å². The maximum absolute atomic E-state index is 13.5. The van der Waals surface area contributed by atoms with Gasteiger partial charge in [0.15, 0.2) is 0 Å². The fourth-order valence-corrected chi connectivity index (χ4v) is 2.62. The summed E-state index contributed by atoms with van der Waals surface area (Å²) in [6.07, 6.45) is 4.86. The summed E-state index contributed by atoms with van der Waals surface area (Å²) >= 11 is 4.83. The molecule has 0 unspecified atom stereocenters. The number of amides is 1. The van der Waals surface area contributed by atoms with Gasteiger partial charge in [0.1, 0.15) is 10.8 Å². The molecule has 0 atom stereocenters. The molecule has 1 saturated heterocycles. The highest BCUT2D eigenvalue weighted by atomic mass is 32.1. The van der Waals surface area contributed by atoms with E-state index in [0.29, 0.717) is 13.0 Å². The number of rotatable bonds is 3. The molecule has 1 aromatic rings. The first-order valence-corrected chi connectivity index (χ1v) is 7.35. The summed E-state index contributed by atoms with van der Waals surface area (Å²) in [5.74, 6) is -0.244. The quantitative estimate of drug-likeness (QED) is 0.872. The molecule has 0 bridgehead atoms. The molecule has 0 saturated carbocycles. The van der Waals surface area contributed by atoms with Crippen molar-refractivity contribution in [2.45, 2.75) is 38.6 Å². The molecule has 0 aliphatic carbocycles. The van der Waals surface area contributed by atoms with Gasteiger partial charge in [0.2, 0.25) is 5.91 Å². The predicted octanol–water partition coefficient (Wildman–Crippen LogP) is 2.75. The Bertz CT molecular complexity index is 519. The molecule has 1 amide bonds. The summed E-state index contributed by atoms with van der Waals surface area (Å²) in [5, 5.41) is 0. The van der Waals surface area contributed by atoms with Crippen molar-refractivity contribution in [1.82, 2.24) is 4.90 Å². The fraction of sp³-hybridized carbons (Fsp3) is 0.467. The van der Waals surface area contributed by atoms with E-state index in [0.717, 1.165) is 37.8 Å². The van der Waals surface area contributed by atoms with E-state index >= 15 is 0 Å². The second-order valence-electron chi connectivity index (χ2n) is 5.16. The van der Waals surface area contributed by atoms with Crippen LogP contribution in [-0.2, 0) is 11.3 Å². The highest BCUT2D eigenvalue weighted by Crippen LogP contribution is 2.17. The Morgan fingerprint density at radius 2 is 2.05 bits per heavy atom. The van der Waals surface area contributed by atoms with Gasteiger partial charge >= 0.3 is 0 Å². The Hall–Kier alpha value is -1.49. The van der Waals surface area contributed by atoms with E-state index in [9.17, 15) is 9.18 Å². The van der Waals surface area contributed by atoms with Crippen molar-refractivity contribution in [1.29, 1.82) is 0 Å². The van der Waals surface area contributed by atoms with Crippen LogP contribution in [0.4, 0.5) is 4.39 Å². The number of nitrogens with zero attached hydrogens (tertiary/aromatic N) is 1. The van der Waals surface area contributed by atoms with E-state index in [2.05, 4.69) is 0 Å². The van der Waals surface area contributed by atoms with Crippen LogP contribution in [0.2, 0.25) is 0 Å². The summed E-state index contributed by atoms with van der Waals surface area (Å²) < 4.78 is 13.5. The zero-order valence-corrected chi connectivity index (χ0v) is 12.2. The monoisotopic (exact) mass is 294 g/mol. The topological polar surface area (TPSA) is 46.3 Å². The molecule has 2 N–H and O–H groups in total. The number of carbonyl (C=O) groups excluding carboxylic acids is 1. The van der Waals surface area contributed by atoms with Crippen LogP contribution >= 0.6 is 12.2 Å². The molecule has 3 nitrogen and oxygen atoms in total. The van der Waals surface area contributed by atoms with Gasteiger partial charge < -0.3 is 10.6 Å². The van der Waals surface area contributed by atoms with Crippen LogP contribution in [0.1, 0.15) is 43.2 Å². The number of benzene rings is 1. The van der Waals surface area contributed by atoms with Gasteiger partial charge in [0.05, 0.1) is 0 Å². The molecule has 20 heavy (non-hydrogen) atoms. The average Bonchev–Trinajstić information content (AvgIpc) is 2.40. The molecule has 0 radical (unpaired) electrons. The largest absolute Gasteiger partial charge is 0.389 e. The maximum Gasteiger partial charge on any atom is 0.222 e. The van der Waals surface area contributed by atoms with E-state index in [1.807, 2.05) is 4.90 Å². The first kappa shape index (κ1) is 14.9. The van der Waals surface area contributed by atoms with Crippen LogP contribution in [0.5, 0.6) is 0 Å². The number of thiocarbonyl (C=S) groups is 1. The zero-order chi connectivity index (χ0) is 14.5. The van der Waals surface area contributed by atoms with Crippen molar-refractivity contribution in [2.24, 2.45) is 5.73 Å². The van der Waals surface area contributed by atoms with Crippen molar-refractivity contribution in [3.63, 3.8) is 0 Å². The molecule has 1 aromatic carbocycles. The number of hydrogen-bond acceptors (Lipinski definition) is 2. The fourth-order valence-electron chi connectivity index (χ4n) is 2.46. The number of hydrogen-bond donors (Lipinski definition) is 1. The summed E-state index contributed by atoms with van der Waals surface area (Å²) in [5.41, 5.74) is 6.61. The Kier molecular flexibility index (Phi) is 5.06. The first-order valence-electron chi connectivity index (χ1n) is 6.94. The molecule has 5 heteroatoms.